The predicted molar refractivity (Wildman–Crippen MR) is 74.8 cm³/mol. The van der Waals surface area contributed by atoms with E-state index in [0.29, 0.717) is 12.4 Å². The Morgan fingerprint density at radius 1 is 1.33 bits per heavy atom. The summed E-state index contributed by atoms with van der Waals surface area (Å²) < 4.78 is 5.29. The molecule has 2 aliphatic rings. The first-order chi connectivity index (χ1) is 10.2. The van der Waals surface area contributed by atoms with E-state index in [-0.39, 0.29) is 11.9 Å². The molecule has 1 aromatic rings. The van der Waals surface area contributed by atoms with Gasteiger partial charge in [-0.3, -0.25) is 15.0 Å². The molecule has 8 heteroatoms. The van der Waals surface area contributed by atoms with Crippen LogP contribution < -0.4 is 5.48 Å². The van der Waals surface area contributed by atoms with Crippen LogP contribution in [0.15, 0.2) is 29.3 Å². The van der Waals surface area contributed by atoms with Crippen LogP contribution in [0.4, 0.5) is 5.69 Å². The maximum Gasteiger partial charge on any atom is 0.269 e. The van der Waals surface area contributed by atoms with E-state index in [0.717, 1.165) is 31.9 Å². The van der Waals surface area contributed by atoms with Crippen LogP contribution in [0.2, 0.25) is 0 Å². The third-order valence-corrected chi connectivity index (χ3v) is 3.44. The number of nitrogens with one attached hydrogen (secondary N) is 1. The summed E-state index contributed by atoms with van der Waals surface area (Å²) in [7, 11) is 0. The van der Waals surface area contributed by atoms with Gasteiger partial charge in [0.1, 0.15) is 0 Å². The molecule has 0 bridgehead atoms. The van der Waals surface area contributed by atoms with E-state index in [1.54, 1.807) is 12.1 Å². The molecule has 3 rings (SSSR count). The normalized spacial score (nSPS) is 22.7. The molecular formula is C13H16N4O4. The monoisotopic (exact) mass is 292 g/mol. The number of non-ortho nitro benzene ring substituents is 1. The van der Waals surface area contributed by atoms with Crippen molar-refractivity contribution >= 4 is 11.6 Å². The van der Waals surface area contributed by atoms with Crippen molar-refractivity contribution in [3.05, 3.63) is 39.9 Å². The lowest BCUT2D eigenvalue weighted by Gasteiger charge is -2.25. The molecule has 112 valence electrons. The van der Waals surface area contributed by atoms with Crippen molar-refractivity contribution in [3.63, 3.8) is 0 Å². The van der Waals surface area contributed by atoms with Crippen molar-refractivity contribution in [2.24, 2.45) is 4.99 Å². The fourth-order valence-corrected chi connectivity index (χ4v) is 2.27. The number of nitrogens with zero attached hydrogens (tertiary/aromatic N) is 3. The molecular weight excluding hydrogens is 276 g/mol. The molecule has 0 aromatic heterocycles. The number of nitro benzene ring substituents is 1. The first-order valence-electron chi connectivity index (χ1n) is 6.76. The topological polar surface area (TPSA) is 89.2 Å². The number of ether oxygens (including phenoxy) is 1. The Labute approximate surface area is 121 Å². The van der Waals surface area contributed by atoms with Gasteiger partial charge in [-0.2, -0.15) is 0 Å². The summed E-state index contributed by atoms with van der Waals surface area (Å²) in [6.45, 7) is 3.83. The highest BCUT2D eigenvalue weighted by molar-refractivity contribution is 5.79. The minimum absolute atomic E-state index is 0.0650. The molecule has 0 spiro atoms. The highest BCUT2D eigenvalue weighted by atomic mass is 16.7. The van der Waals surface area contributed by atoms with Crippen LogP contribution >= 0.6 is 0 Å². The summed E-state index contributed by atoms with van der Waals surface area (Å²) in [5.74, 6) is 0.625. The zero-order valence-electron chi connectivity index (χ0n) is 11.4. The summed E-state index contributed by atoms with van der Waals surface area (Å²) >= 11 is 0. The largest absolute Gasteiger partial charge is 0.390 e. The third kappa shape index (κ3) is 3.35. The number of rotatable bonds is 4. The molecule has 0 amide bonds. The molecule has 0 saturated carbocycles. The Bertz CT molecular complexity index is 540. The van der Waals surface area contributed by atoms with Gasteiger partial charge in [0, 0.05) is 25.2 Å². The van der Waals surface area contributed by atoms with Gasteiger partial charge in [-0.05, 0) is 17.7 Å². The first kappa shape index (κ1) is 13.9. The average Bonchev–Trinajstić information content (AvgIpc) is 2.97. The van der Waals surface area contributed by atoms with Gasteiger partial charge in [-0.25, -0.2) is 4.99 Å². The van der Waals surface area contributed by atoms with Crippen LogP contribution in [0.1, 0.15) is 11.7 Å². The fraction of sp³-hybridized carbons (Fsp3) is 0.462. The van der Waals surface area contributed by atoms with E-state index in [1.807, 2.05) is 0 Å². The molecule has 1 fully saturated rings. The number of morpholine rings is 1. The van der Waals surface area contributed by atoms with Crippen molar-refractivity contribution in [1.29, 1.82) is 0 Å². The van der Waals surface area contributed by atoms with E-state index in [1.165, 1.54) is 12.1 Å². The highest BCUT2D eigenvalue weighted by Gasteiger charge is 2.23. The Kier molecular flexibility index (Phi) is 4.09. The van der Waals surface area contributed by atoms with Crippen LogP contribution in [0.5, 0.6) is 0 Å². The van der Waals surface area contributed by atoms with Gasteiger partial charge in [0.2, 0.25) is 5.90 Å². The average molecular weight is 292 g/mol. The van der Waals surface area contributed by atoms with Crippen molar-refractivity contribution in [1.82, 2.24) is 10.4 Å². The highest BCUT2D eigenvalue weighted by Crippen LogP contribution is 2.21. The van der Waals surface area contributed by atoms with Crippen LogP contribution in [0.25, 0.3) is 0 Å². The van der Waals surface area contributed by atoms with Crippen molar-refractivity contribution in [2.45, 2.75) is 6.17 Å². The van der Waals surface area contributed by atoms with E-state index in [2.05, 4.69) is 15.4 Å². The minimum Gasteiger partial charge on any atom is -0.390 e. The maximum atomic E-state index is 10.6. The lowest BCUT2D eigenvalue weighted by molar-refractivity contribution is -0.384. The molecule has 1 saturated heterocycles. The number of hydrogen-bond acceptors (Lipinski definition) is 7. The molecule has 0 radical (unpaired) electrons. The fourth-order valence-electron chi connectivity index (χ4n) is 2.27. The van der Waals surface area contributed by atoms with Gasteiger partial charge in [0.25, 0.3) is 5.69 Å². The van der Waals surface area contributed by atoms with E-state index >= 15 is 0 Å². The maximum absolute atomic E-state index is 10.6. The summed E-state index contributed by atoms with van der Waals surface area (Å²) in [4.78, 5) is 22.3. The SMILES string of the molecule is O=[N+]([O-])c1ccc([C@H]2N=C(CN3CCOCC3)ON2)cc1. The molecule has 2 heterocycles. The van der Waals surface area contributed by atoms with Gasteiger partial charge >= 0.3 is 0 Å². The minimum atomic E-state index is -0.421. The number of hydrogen-bond donors (Lipinski definition) is 1. The van der Waals surface area contributed by atoms with Crippen LogP contribution in [0.3, 0.4) is 0 Å². The molecule has 0 aliphatic carbocycles. The Balaban J connectivity index is 1.63. The third-order valence-electron chi connectivity index (χ3n) is 3.44. The molecule has 1 aromatic carbocycles. The van der Waals surface area contributed by atoms with E-state index in [9.17, 15) is 10.1 Å². The van der Waals surface area contributed by atoms with Gasteiger partial charge in [-0.1, -0.05) is 0 Å². The zero-order valence-corrected chi connectivity index (χ0v) is 11.4. The second-order valence-electron chi connectivity index (χ2n) is 4.88. The number of hydroxylamine groups is 1. The Hall–Kier alpha value is -2.03. The molecule has 1 N–H and O–H groups in total. The van der Waals surface area contributed by atoms with Gasteiger partial charge in [-0.15, -0.1) is 5.48 Å². The second kappa shape index (κ2) is 6.17. The van der Waals surface area contributed by atoms with Crippen LogP contribution in [0, 0.1) is 10.1 Å². The van der Waals surface area contributed by atoms with Crippen LogP contribution in [-0.2, 0) is 9.57 Å². The lowest BCUT2D eigenvalue weighted by Crippen LogP contribution is -2.39. The molecule has 1 atom stereocenters. The van der Waals surface area contributed by atoms with Crippen molar-refractivity contribution in [2.75, 3.05) is 32.8 Å². The number of benzene rings is 1. The lowest BCUT2D eigenvalue weighted by atomic mass is 10.1. The van der Waals surface area contributed by atoms with Crippen LogP contribution in [-0.4, -0.2) is 48.6 Å². The predicted octanol–water partition coefficient (Wildman–Crippen LogP) is 0.859. The van der Waals surface area contributed by atoms with Gasteiger partial charge in [0.05, 0.1) is 24.7 Å². The second-order valence-corrected chi connectivity index (χ2v) is 4.88. The van der Waals surface area contributed by atoms with Gasteiger partial charge in [0.15, 0.2) is 6.17 Å². The zero-order chi connectivity index (χ0) is 14.7. The summed E-state index contributed by atoms with van der Waals surface area (Å²) in [6, 6.07) is 6.29. The summed E-state index contributed by atoms with van der Waals surface area (Å²) in [5.41, 5.74) is 3.73. The Morgan fingerprint density at radius 2 is 2.05 bits per heavy atom. The Morgan fingerprint density at radius 3 is 2.71 bits per heavy atom. The summed E-state index contributed by atoms with van der Waals surface area (Å²) in [5, 5.41) is 10.6. The number of aliphatic imine (C=N–C) groups is 1. The quantitative estimate of drug-likeness (QED) is 0.654. The molecule has 2 aliphatic heterocycles. The van der Waals surface area contributed by atoms with Crippen molar-refractivity contribution < 1.29 is 14.5 Å². The van der Waals surface area contributed by atoms with Gasteiger partial charge < -0.3 is 9.57 Å². The van der Waals surface area contributed by atoms with Crippen molar-refractivity contribution in [3.8, 4) is 0 Å². The smallest absolute Gasteiger partial charge is 0.269 e. The molecule has 0 unspecified atom stereocenters. The molecule has 8 nitrogen and oxygen atoms in total. The molecule has 21 heavy (non-hydrogen) atoms. The first-order valence-corrected chi connectivity index (χ1v) is 6.76. The van der Waals surface area contributed by atoms with E-state index in [4.69, 9.17) is 9.57 Å². The summed E-state index contributed by atoms with van der Waals surface area (Å²) in [6.07, 6.45) is -0.318. The standard InChI is InChI=1S/C13H16N4O4/c18-17(19)11-3-1-10(2-4-11)13-14-12(21-15-13)9-16-5-7-20-8-6-16/h1-4,13,15H,5-9H2/t13-/m0/s1. The number of nitro groups is 1. The van der Waals surface area contributed by atoms with E-state index < -0.39 is 4.92 Å².